The Morgan fingerprint density at radius 3 is 2.60 bits per heavy atom. The van der Waals surface area contributed by atoms with Crippen LogP contribution in [-0.2, 0) is 4.79 Å². The molecule has 1 saturated carbocycles. The van der Waals surface area contributed by atoms with Crippen molar-refractivity contribution >= 4 is 12.0 Å². The molecule has 0 aromatic heterocycles. The molecule has 6 heteroatoms. The van der Waals surface area contributed by atoms with E-state index in [1.165, 1.54) is 0 Å². The molecular formula is C14H25N3O3. The van der Waals surface area contributed by atoms with Crippen molar-refractivity contribution in [2.75, 3.05) is 19.6 Å². The van der Waals surface area contributed by atoms with Gasteiger partial charge in [-0.05, 0) is 45.2 Å². The molecule has 3 N–H and O–H groups in total. The second-order valence-electron chi connectivity index (χ2n) is 5.90. The molecule has 0 aromatic carbocycles. The molecule has 1 aliphatic heterocycles. The molecule has 2 amide bonds. The molecule has 0 spiro atoms. The number of urea groups is 1. The summed E-state index contributed by atoms with van der Waals surface area (Å²) < 4.78 is 0. The number of hydrogen-bond donors (Lipinski definition) is 3. The van der Waals surface area contributed by atoms with Crippen LogP contribution in [0.2, 0.25) is 0 Å². The quantitative estimate of drug-likeness (QED) is 0.719. The van der Waals surface area contributed by atoms with Gasteiger partial charge in [0.15, 0.2) is 0 Å². The van der Waals surface area contributed by atoms with Crippen molar-refractivity contribution in [2.24, 2.45) is 5.92 Å². The van der Waals surface area contributed by atoms with Crippen molar-refractivity contribution in [1.29, 1.82) is 0 Å². The smallest absolute Gasteiger partial charge is 0.315 e. The number of likely N-dealkylation sites (tertiary alicyclic amines) is 1. The third-order valence-corrected chi connectivity index (χ3v) is 4.41. The lowest BCUT2D eigenvalue weighted by atomic mass is 10.1. The minimum Gasteiger partial charge on any atom is -0.481 e. The van der Waals surface area contributed by atoms with Gasteiger partial charge in [-0.2, -0.15) is 0 Å². The van der Waals surface area contributed by atoms with Gasteiger partial charge in [-0.15, -0.1) is 0 Å². The number of carboxylic acid groups (broad SMARTS) is 1. The molecule has 0 radical (unpaired) electrons. The molecule has 3 atom stereocenters. The lowest BCUT2D eigenvalue weighted by Gasteiger charge is -2.32. The number of aliphatic carboxylic acids is 1. The zero-order chi connectivity index (χ0) is 14.5. The predicted octanol–water partition coefficient (Wildman–Crippen LogP) is 1.02. The zero-order valence-corrected chi connectivity index (χ0v) is 12.1. The van der Waals surface area contributed by atoms with E-state index in [9.17, 15) is 9.59 Å². The van der Waals surface area contributed by atoms with Crippen LogP contribution in [0.25, 0.3) is 0 Å². The van der Waals surface area contributed by atoms with Gasteiger partial charge < -0.3 is 20.6 Å². The lowest BCUT2D eigenvalue weighted by molar-refractivity contribution is -0.141. The van der Waals surface area contributed by atoms with E-state index in [1.807, 2.05) is 0 Å². The van der Waals surface area contributed by atoms with Crippen molar-refractivity contribution in [3.63, 3.8) is 0 Å². The van der Waals surface area contributed by atoms with Crippen LogP contribution in [0.4, 0.5) is 4.79 Å². The first kappa shape index (κ1) is 15.1. The summed E-state index contributed by atoms with van der Waals surface area (Å²) in [6.45, 7) is 5.17. The number of likely N-dealkylation sites (N-methyl/N-ethyl adjacent to an activating group) is 1. The third kappa shape index (κ3) is 4.10. The number of nitrogens with one attached hydrogen (secondary N) is 2. The van der Waals surface area contributed by atoms with Crippen molar-refractivity contribution in [2.45, 2.75) is 51.1 Å². The van der Waals surface area contributed by atoms with E-state index >= 15 is 0 Å². The van der Waals surface area contributed by atoms with Crippen LogP contribution in [0.5, 0.6) is 0 Å². The van der Waals surface area contributed by atoms with E-state index in [2.05, 4.69) is 22.5 Å². The molecule has 2 fully saturated rings. The van der Waals surface area contributed by atoms with E-state index in [1.54, 1.807) is 0 Å². The fraction of sp³-hybridized carbons (Fsp3) is 0.857. The summed E-state index contributed by atoms with van der Waals surface area (Å²) in [7, 11) is 0. The highest BCUT2D eigenvalue weighted by Gasteiger charge is 2.31. The van der Waals surface area contributed by atoms with Gasteiger partial charge in [0.25, 0.3) is 0 Å². The molecule has 20 heavy (non-hydrogen) atoms. The van der Waals surface area contributed by atoms with Gasteiger partial charge in [-0.25, -0.2) is 4.79 Å². The molecule has 2 rings (SSSR count). The number of carbonyl (C=O) groups is 2. The highest BCUT2D eigenvalue weighted by atomic mass is 16.4. The van der Waals surface area contributed by atoms with Crippen molar-refractivity contribution in [1.82, 2.24) is 15.5 Å². The summed E-state index contributed by atoms with van der Waals surface area (Å²) in [5.74, 6) is -1.05. The van der Waals surface area contributed by atoms with E-state index < -0.39 is 5.97 Å². The van der Waals surface area contributed by atoms with Crippen LogP contribution in [0.3, 0.4) is 0 Å². The van der Waals surface area contributed by atoms with Gasteiger partial charge in [0.2, 0.25) is 0 Å². The van der Waals surface area contributed by atoms with E-state index in [4.69, 9.17) is 5.11 Å². The number of nitrogens with zero attached hydrogens (tertiary/aromatic N) is 1. The molecule has 1 saturated heterocycles. The molecule has 2 aliphatic rings. The van der Waals surface area contributed by atoms with Gasteiger partial charge in [0, 0.05) is 18.6 Å². The average molecular weight is 283 g/mol. The van der Waals surface area contributed by atoms with E-state index in [0.717, 1.165) is 38.9 Å². The number of hydrogen-bond acceptors (Lipinski definition) is 3. The van der Waals surface area contributed by atoms with Crippen LogP contribution < -0.4 is 10.6 Å². The van der Waals surface area contributed by atoms with Crippen LogP contribution in [0.15, 0.2) is 0 Å². The molecule has 1 aliphatic carbocycles. The standard InChI is InChI=1S/C14H25N3O3/c1-2-17-7-3-4-12(9-17)16-14(20)15-11-6-5-10(8-11)13(18)19/h10-12H,2-9H2,1H3,(H,18,19)(H2,15,16,20). The van der Waals surface area contributed by atoms with Crippen LogP contribution in [0.1, 0.15) is 39.0 Å². The van der Waals surface area contributed by atoms with Crippen molar-refractivity contribution in [3.8, 4) is 0 Å². The highest BCUT2D eigenvalue weighted by Crippen LogP contribution is 2.25. The highest BCUT2D eigenvalue weighted by molar-refractivity contribution is 5.75. The van der Waals surface area contributed by atoms with Gasteiger partial charge >= 0.3 is 12.0 Å². The van der Waals surface area contributed by atoms with Crippen LogP contribution >= 0.6 is 0 Å². The van der Waals surface area contributed by atoms with Crippen LogP contribution in [-0.4, -0.2) is 53.7 Å². The summed E-state index contributed by atoms with van der Waals surface area (Å²) in [6.07, 6.45) is 4.10. The Kier molecular flexibility index (Phi) is 5.23. The fourth-order valence-corrected chi connectivity index (χ4v) is 3.21. The molecule has 3 unspecified atom stereocenters. The first-order chi connectivity index (χ1) is 9.58. The largest absolute Gasteiger partial charge is 0.481 e. The molecule has 0 aromatic rings. The predicted molar refractivity (Wildman–Crippen MR) is 75.6 cm³/mol. The molecule has 6 nitrogen and oxygen atoms in total. The first-order valence-corrected chi connectivity index (χ1v) is 7.60. The maximum absolute atomic E-state index is 12.0. The SMILES string of the molecule is CCN1CCCC(NC(=O)NC2CCC(C(=O)O)C2)C1. The Hall–Kier alpha value is -1.30. The molecular weight excluding hydrogens is 258 g/mol. The fourth-order valence-electron chi connectivity index (χ4n) is 3.21. The van der Waals surface area contributed by atoms with E-state index in [0.29, 0.717) is 12.8 Å². The topological polar surface area (TPSA) is 81.7 Å². The average Bonchev–Trinajstić information content (AvgIpc) is 2.87. The Morgan fingerprint density at radius 1 is 1.20 bits per heavy atom. The molecule has 114 valence electrons. The molecule has 1 heterocycles. The second-order valence-corrected chi connectivity index (χ2v) is 5.90. The zero-order valence-electron chi connectivity index (χ0n) is 12.1. The maximum atomic E-state index is 12.0. The summed E-state index contributed by atoms with van der Waals surface area (Å²) in [5, 5.41) is 14.9. The third-order valence-electron chi connectivity index (χ3n) is 4.41. The summed E-state index contributed by atoms with van der Waals surface area (Å²) in [5.41, 5.74) is 0. The first-order valence-electron chi connectivity index (χ1n) is 7.60. The second kappa shape index (κ2) is 6.92. The minimum absolute atomic E-state index is 0.00182. The van der Waals surface area contributed by atoms with Gasteiger partial charge in [0.1, 0.15) is 0 Å². The number of carbonyl (C=O) groups excluding carboxylic acids is 1. The lowest BCUT2D eigenvalue weighted by Crippen LogP contribution is -2.51. The number of amides is 2. The van der Waals surface area contributed by atoms with Crippen LogP contribution in [0, 0.1) is 5.92 Å². The van der Waals surface area contributed by atoms with Gasteiger partial charge in [-0.3, -0.25) is 4.79 Å². The summed E-state index contributed by atoms with van der Waals surface area (Å²) in [4.78, 5) is 25.2. The Morgan fingerprint density at radius 2 is 1.95 bits per heavy atom. The van der Waals surface area contributed by atoms with E-state index in [-0.39, 0.29) is 24.0 Å². The summed E-state index contributed by atoms with van der Waals surface area (Å²) >= 11 is 0. The number of carboxylic acids is 1. The maximum Gasteiger partial charge on any atom is 0.315 e. The van der Waals surface area contributed by atoms with Gasteiger partial charge in [-0.1, -0.05) is 6.92 Å². The summed E-state index contributed by atoms with van der Waals surface area (Å²) in [6, 6.07) is 0.0614. The monoisotopic (exact) mass is 283 g/mol. The molecule has 0 bridgehead atoms. The Balaban J connectivity index is 1.71. The number of piperidine rings is 1. The Bertz CT molecular complexity index is 362. The number of rotatable bonds is 4. The Labute approximate surface area is 119 Å². The normalized spacial score (nSPS) is 30.9. The van der Waals surface area contributed by atoms with Crippen molar-refractivity contribution in [3.05, 3.63) is 0 Å². The van der Waals surface area contributed by atoms with Gasteiger partial charge in [0.05, 0.1) is 5.92 Å². The minimum atomic E-state index is -0.749. The van der Waals surface area contributed by atoms with Crippen molar-refractivity contribution < 1.29 is 14.7 Å².